The van der Waals surface area contributed by atoms with Gasteiger partial charge in [-0.1, -0.05) is 30.3 Å². The van der Waals surface area contributed by atoms with Crippen LogP contribution in [0.2, 0.25) is 0 Å². The molecular weight excluding hydrogens is 368 g/mol. The van der Waals surface area contributed by atoms with E-state index in [1.54, 1.807) is 16.3 Å². The first kappa shape index (κ1) is 18.3. The molecule has 142 valence electrons. The second-order valence-electron chi connectivity index (χ2n) is 6.35. The van der Waals surface area contributed by atoms with E-state index in [0.717, 1.165) is 11.4 Å². The zero-order valence-electron chi connectivity index (χ0n) is 14.4. The van der Waals surface area contributed by atoms with Gasteiger partial charge in [0.2, 0.25) is 0 Å². The number of aliphatic hydroxyl groups is 3. The Balaban J connectivity index is 1.53. The lowest BCUT2D eigenvalue weighted by Crippen LogP contribution is -2.33. The summed E-state index contributed by atoms with van der Waals surface area (Å²) in [4.78, 5) is 13.0. The van der Waals surface area contributed by atoms with Gasteiger partial charge in [0.25, 0.3) is 0 Å². The third-order valence-corrected chi connectivity index (χ3v) is 5.59. The van der Waals surface area contributed by atoms with Crippen LogP contribution in [0.25, 0.3) is 11.2 Å². The van der Waals surface area contributed by atoms with Gasteiger partial charge in [0, 0.05) is 11.5 Å². The molecule has 4 atom stereocenters. The average Bonchev–Trinajstić information content (AvgIpc) is 3.25. The van der Waals surface area contributed by atoms with Gasteiger partial charge in [-0.15, -0.1) is 0 Å². The zero-order chi connectivity index (χ0) is 18.8. The normalized spacial score (nSPS) is 25.3. The van der Waals surface area contributed by atoms with Crippen LogP contribution in [0.15, 0.2) is 43.0 Å². The van der Waals surface area contributed by atoms with Gasteiger partial charge in [-0.3, -0.25) is 4.57 Å². The van der Waals surface area contributed by atoms with E-state index in [0.29, 0.717) is 16.9 Å². The molecule has 9 heteroatoms. The van der Waals surface area contributed by atoms with Gasteiger partial charge in [-0.05, 0) is 5.56 Å². The lowest BCUT2D eigenvalue weighted by molar-refractivity contribution is -0.0511. The van der Waals surface area contributed by atoms with Crippen LogP contribution < -0.4 is 0 Å². The van der Waals surface area contributed by atoms with Crippen LogP contribution in [0, 0.1) is 0 Å². The Hall–Kier alpha value is -2.04. The summed E-state index contributed by atoms with van der Waals surface area (Å²) >= 11 is 1.73. The number of imidazole rings is 1. The summed E-state index contributed by atoms with van der Waals surface area (Å²) in [5.74, 6) is 1.53. The molecular formula is C18H20N4O4S. The Morgan fingerprint density at radius 1 is 1.04 bits per heavy atom. The molecule has 3 aromatic rings. The van der Waals surface area contributed by atoms with Crippen LogP contribution in [0.1, 0.15) is 17.5 Å². The lowest BCUT2D eigenvalue weighted by Gasteiger charge is -2.16. The molecule has 0 radical (unpaired) electrons. The molecule has 1 aromatic carbocycles. The number of rotatable bonds is 6. The molecule has 3 N–H and O–H groups in total. The Morgan fingerprint density at radius 2 is 1.85 bits per heavy atom. The SMILES string of the molecule is OC[C@H]1O[C@@H](n2cnc3c(CSCc4ccccc4)ncnc32)[C@H](O)[C@@H]1O. The van der Waals surface area contributed by atoms with Crippen molar-refractivity contribution >= 4 is 22.9 Å². The minimum Gasteiger partial charge on any atom is -0.394 e. The van der Waals surface area contributed by atoms with Gasteiger partial charge in [0.05, 0.1) is 18.6 Å². The smallest absolute Gasteiger partial charge is 0.165 e. The van der Waals surface area contributed by atoms with Gasteiger partial charge in [-0.2, -0.15) is 11.8 Å². The molecule has 8 nitrogen and oxygen atoms in total. The highest BCUT2D eigenvalue weighted by molar-refractivity contribution is 7.97. The molecule has 4 rings (SSSR count). The Morgan fingerprint density at radius 3 is 2.59 bits per heavy atom. The van der Waals surface area contributed by atoms with Crippen molar-refractivity contribution in [3.05, 3.63) is 54.2 Å². The van der Waals surface area contributed by atoms with Crippen molar-refractivity contribution in [1.82, 2.24) is 19.5 Å². The minimum absolute atomic E-state index is 0.377. The van der Waals surface area contributed by atoms with E-state index in [2.05, 4.69) is 27.1 Å². The Bertz CT molecular complexity index is 907. The summed E-state index contributed by atoms with van der Waals surface area (Å²) in [5, 5.41) is 29.5. The number of thioether (sulfide) groups is 1. The van der Waals surface area contributed by atoms with E-state index in [1.165, 1.54) is 18.2 Å². The zero-order valence-corrected chi connectivity index (χ0v) is 15.2. The van der Waals surface area contributed by atoms with Gasteiger partial charge in [0.1, 0.15) is 30.2 Å². The first-order valence-electron chi connectivity index (χ1n) is 8.59. The Labute approximate surface area is 159 Å². The summed E-state index contributed by atoms with van der Waals surface area (Å²) in [7, 11) is 0. The number of benzene rings is 1. The molecule has 3 heterocycles. The summed E-state index contributed by atoms with van der Waals surface area (Å²) < 4.78 is 7.15. The van der Waals surface area contributed by atoms with Crippen LogP contribution in [0.3, 0.4) is 0 Å². The highest BCUT2D eigenvalue weighted by Crippen LogP contribution is 2.32. The molecule has 0 unspecified atom stereocenters. The first-order valence-corrected chi connectivity index (χ1v) is 9.75. The standard InChI is InChI=1S/C18H20N4O4S/c23-6-13-15(24)16(25)18(26-13)22-10-21-14-12(19-9-20-17(14)22)8-27-7-11-4-2-1-3-5-11/h1-5,9-10,13,15-16,18,23-25H,6-8H2/t13-,15-,16-,18-/m1/s1. The molecule has 27 heavy (non-hydrogen) atoms. The van der Waals surface area contributed by atoms with Crippen molar-refractivity contribution in [2.45, 2.75) is 36.0 Å². The summed E-state index contributed by atoms with van der Waals surface area (Å²) in [6.07, 6.45) is -1.07. The quantitative estimate of drug-likeness (QED) is 0.570. The van der Waals surface area contributed by atoms with Gasteiger partial charge in [0.15, 0.2) is 11.9 Å². The number of aromatic nitrogens is 4. The second kappa shape index (κ2) is 7.91. The fraction of sp³-hybridized carbons (Fsp3) is 0.389. The van der Waals surface area contributed by atoms with Gasteiger partial charge >= 0.3 is 0 Å². The third kappa shape index (κ3) is 3.56. The molecule has 1 aliphatic heterocycles. The second-order valence-corrected chi connectivity index (χ2v) is 7.34. The molecule has 0 aliphatic carbocycles. The van der Waals surface area contributed by atoms with Crippen molar-refractivity contribution in [2.75, 3.05) is 6.61 Å². The van der Waals surface area contributed by atoms with Crippen molar-refractivity contribution in [1.29, 1.82) is 0 Å². The topological polar surface area (TPSA) is 114 Å². The summed E-state index contributed by atoms with van der Waals surface area (Å²) in [6, 6.07) is 10.2. The van der Waals surface area contributed by atoms with Crippen molar-refractivity contribution in [2.24, 2.45) is 0 Å². The van der Waals surface area contributed by atoms with Crippen molar-refractivity contribution < 1.29 is 20.1 Å². The largest absolute Gasteiger partial charge is 0.394 e. The molecule has 1 aliphatic rings. The molecule has 0 bridgehead atoms. The molecule has 0 saturated carbocycles. The van der Waals surface area contributed by atoms with E-state index in [-0.39, 0.29) is 6.61 Å². The Kier molecular flexibility index (Phi) is 5.37. The maximum absolute atomic E-state index is 10.2. The lowest BCUT2D eigenvalue weighted by atomic mass is 10.1. The minimum atomic E-state index is -1.18. The predicted octanol–water partition coefficient (Wildman–Crippen LogP) is 0.871. The van der Waals surface area contributed by atoms with E-state index in [4.69, 9.17) is 4.74 Å². The average molecular weight is 388 g/mol. The summed E-state index contributed by atoms with van der Waals surface area (Å²) in [5.41, 5.74) is 3.20. The first-order chi connectivity index (χ1) is 13.2. The van der Waals surface area contributed by atoms with E-state index in [9.17, 15) is 15.3 Å². The third-order valence-electron chi connectivity index (χ3n) is 4.58. The van der Waals surface area contributed by atoms with E-state index in [1.807, 2.05) is 18.2 Å². The molecule has 1 saturated heterocycles. The van der Waals surface area contributed by atoms with E-state index >= 15 is 0 Å². The number of nitrogens with zero attached hydrogens (tertiary/aromatic N) is 4. The number of ether oxygens (including phenoxy) is 1. The fourth-order valence-corrected chi connectivity index (χ4v) is 4.08. The molecule has 2 aromatic heterocycles. The van der Waals surface area contributed by atoms with Crippen molar-refractivity contribution in [3.8, 4) is 0 Å². The van der Waals surface area contributed by atoms with E-state index < -0.39 is 24.5 Å². The molecule has 0 amide bonds. The number of aliphatic hydroxyl groups excluding tert-OH is 3. The van der Waals surface area contributed by atoms with Crippen LogP contribution in [0.5, 0.6) is 0 Å². The predicted molar refractivity (Wildman–Crippen MR) is 99.8 cm³/mol. The monoisotopic (exact) mass is 388 g/mol. The van der Waals surface area contributed by atoms with Crippen LogP contribution in [-0.2, 0) is 16.2 Å². The molecule has 1 fully saturated rings. The molecule has 0 spiro atoms. The number of hydrogen-bond acceptors (Lipinski definition) is 8. The maximum Gasteiger partial charge on any atom is 0.165 e. The highest BCUT2D eigenvalue weighted by atomic mass is 32.2. The number of hydrogen-bond donors (Lipinski definition) is 3. The summed E-state index contributed by atoms with van der Waals surface area (Å²) in [6.45, 7) is -0.377. The number of fused-ring (bicyclic) bond motifs is 1. The van der Waals surface area contributed by atoms with Crippen LogP contribution in [-0.4, -0.2) is 59.8 Å². The van der Waals surface area contributed by atoms with Crippen LogP contribution >= 0.6 is 11.8 Å². The van der Waals surface area contributed by atoms with Crippen molar-refractivity contribution in [3.63, 3.8) is 0 Å². The fourth-order valence-electron chi connectivity index (χ4n) is 3.14. The van der Waals surface area contributed by atoms with Gasteiger partial charge in [-0.25, -0.2) is 15.0 Å². The van der Waals surface area contributed by atoms with Crippen LogP contribution in [0.4, 0.5) is 0 Å². The maximum atomic E-state index is 10.2. The highest BCUT2D eigenvalue weighted by Gasteiger charge is 2.43. The van der Waals surface area contributed by atoms with Gasteiger partial charge < -0.3 is 20.1 Å².